The van der Waals surface area contributed by atoms with Crippen LogP contribution in [0.5, 0.6) is 5.75 Å². The Balaban J connectivity index is 1.94. The fourth-order valence-corrected chi connectivity index (χ4v) is 3.21. The molecule has 1 aromatic carbocycles. The number of nitrogens with zero attached hydrogens (tertiary/aromatic N) is 2. The lowest BCUT2D eigenvalue weighted by molar-refractivity contribution is 0.296. The number of hydrogen-bond donors (Lipinski definition) is 1. The number of hydrogen-bond acceptors (Lipinski definition) is 3. The molecule has 4 heteroatoms. The Morgan fingerprint density at radius 2 is 2.33 bits per heavy atom. The van der Waals surface area contributed by atoms with Crippen molar-refractivity contribution >= 4 is 0 Å². The van der Waals surface area contributed by atoms with Crippen LogP contribution in [-0.4, -0.2) is 23.4 Å². The van der Waals surface area contributed by atoms with Crippen LogP contribution in [0, 0.1) is 0 Å². The van der Waals surface area contributed by atoms with Crippen molar-refractivity contribution in [2.24, 2.45) is 0 Å². The Hall–Kier alpha value is -1.81. The minimum Gasteiger partial charge on any atom is -0.497 e. The summed E-state index contributed by atoms with van der Waals surface area (Å²) in [6.07, 6.45) is 7.23. The van der Waals surface area contributed by atoms with Crippen molar-refractivity contribution in [2.75, 3.05) is 13.7 Å². The molecular formula is C17H23N3O. The van der Waals surface area contributed by atoms with Crippen LogP contribution in [0.1, 0.15) is 43.0 Å². The zero-order valence-corrected chi connectivity index (χ0v) is 12.7. The number of methoxy groups -OCH3 is 1. The van der Waals surface area contributed by atoms with Gasteiger partial charge in [0.1, 0.15) is 5.75 Å². The SMILES string of the molecule is CCCNC1c2ccc(OC)cc2CCC1n1cccn1. The summed E-state index contributed by atoms with van der Waals surface area (Å²) >= 11 is 0. The second-order valence-electron chi connectivity index (χ2n) is 5.59. The molecule has 21 heavy (non-hydrogen) atoms. The molecule has 0 fully saturated rings. The van der Waals surface area contributed by atoms with Crippen LogP contribution in [0.3, 0.4) is 0 Å². The van der Waals surface area contributed by atoms with Gasteiger partial charge in [-0.05, 0) is 55.1 Å². The van der Waals surface area contributed by atoms with E-state index in [2.05, 4.69) is 46.4 Å². The maximum atomic E-state index is 5.36. The lowest BCUT2D eigenvalue weighted by Crippen LogP contribution is -2.34. The molecule has 0 bridgehead atoms. The van der Waals surface area contributed by atoms with E-state index in [1.807, 2.05) is 12.3 Å². The molecule has 0 saturated heterocycles. The average molecular weight is 285 g/mol. The molecule has 2 unspecified atom stereocenters. The molecule has 0 aliphatic heterocycles. The van der Waals surface area contributed by atoms with Crippen LogP contribution in [-0.2, 0) is 6.42 Å². The van der Waals surface area contributed by atoms with Crippen LogP contribution in [0.15, 0.2) is 36.7 Å². The summed E-state index contributed by atoms with van der Waals surface area (Å²) in [7, 11) is 1.73. The van der Waals surface area contributed by atoms with Gasteiger partial charge in [0.15, 0.2) is 0 Å². The molecular weight excluding hydrogens is 262 g/mol. The van der Waals surface area contributed by atoms with Gasteiger partial charge in [0, 0.05) is 12.4 Å². The first-order valence-corrected chi connectivity index (χ1v) is 7.72. The molecule has 3 rings (SSSR count). The highest BCUT2D eigenvalue weighted by Gasteiger charge is 2.30. The summed E-state index contributed by atoms with van der Waals surface area (Å²) in [4.78, 5) is 0. The molecule has 0 radical (unpaired) electrons. The zero-order valence-electron chi connectivity index (χ0n) is 12.7. The third-order valence-electron chi connectivity index (χ3n) is 4.26. The first-order valence-electron chi connectivity index (χ1n) is 7.72. The molecule has 1 aromatic heterocycles. The van der Waals surface area contributed by atoms with Gasteiger partial charge in [-0.15, -0.1) is 0 Å². The van der Waals surface area contributed by atoms with E-state index in [-0.39, 0.29) is 0 Å². The van der Waals surface area contributed by atoms with Gasteiger partial charge < -0.3 is 10.1 Å². The summed E-state index contributed by atoms with van der Waals surface area (Å²) in [5, 5.41) is 8.16. The van der Waals surface area contributed by atoms with E-state index in [0.29, 0.717) is 12.1 Å². The highest BCUT2D eigenvalue weighted by molar-refractivity contribution is 5.40. The fraction of sp³-hybridized carbons (Fsp3) is 0.471. The molecule has 0 spiro atoms. The standard InChI is InChI=1S/C17H23N3O/c1-3-9-18-17-15-7-6-14(21-2)12-13(15)5-8-16(17)20-11-4-10-19-20/h4,6-7,10-12,16-18H,3,5,8-9H2,1-2H3. The summed E-state index contributed by atoms with van der Waals surface area (Å²) in [5.74, 6) is 0.945. The molecule has 2 atom stereocenters. The van der Waals surface area contributed by atoms with E-state index in [4.69, 9.17) is 4.74 Å². The minimum atomic E-state index is 0.319. The van der Waals surface area contributed by atoms with Crippen LogP contribution in [0.2, 0.25) is 0 Å². The fourth-order valence-electron chi connectivity index (χ4n) is 3.21. The maximum Gasteiger partial charge on any atom is 0.119 e. The maximum absolute atomic E-state index is 5.36. The minimum absolute atomic E-state index is 0.319. The van der Waals surface area contributed by atoms with Crippen molar-refractivity contribution in [3.63, 3.8) is 0 Å². The van der Waals surface area contributed by atoms with E-state index in [9.17, 15) is 0 Å². The van der Waals surface area contributed by atoms with Gasteiger partial charge in [-0.1, -0.05) is 13.0 Å². The molecule has 4 nitrogen and oxygen atoms in total. The summed E-state index contributed by atoms with van der Waals surface area (Å²) in [6, 6.07) is 9.14. The highest BCUT2D eigenvalue weighted by Crippen LogP contribution is 2.38. The summed E-state index contributed by atoms with van der Waals surface area (Å²) in [5.41, 5.74) is 2.78. The number of aryl methyl sites for hydroxylation is 1. The molecule has 112 valence electrons. The molecule has 0 saturated carbocycles. The average Bonchev–Trinajstić information content (AvgIpc) is 3.06. The topological polar surface area (TPSA) is 39.1 Å². The van der Waals surface area contributed by atoms with Crippen LogP contribution < -0.4 is 10.1 Å². The highest BCUT2D eigenvalue weighted by atomic mass is 16.5. The van der Waals surface area contributed by atoms with Gasteiger partial charge in [0.2, 0.25) is 0 Å². The monoisotopic (exact) mass is 285 g/mol. The number of rotatable bonds is 5. The number of ether oxygens (including phenoxy) is 1. The Bertz CT molecular complexity index is 580. The molecule has 1 heterocycles. The van der Waals surface area contributed by atoms with Crippen molar-refractivity contribution in [3.8, 4) is 5.75 Å². The van der Waals surface area contributed by atoms with E-state index in [0.717, 1.165) is 31.6 Å². The van der Waals surface area contributed by atoms with Crippen molar-refractivity contribution in [1.29, 1.82) is 0 Å². The van der Waals surface area contributed by atoms with E-state index in [1.54, 1.807) is 7.11 Å². The lowest BCUT2D eigenvalue weighted by Gasteiger charge is -2.34. The van der Waals surface area contributed by atoms with Gasteiger partial charge in [-0.3, -0.25) is 4.68 Å². The third-order valence-corrected chi connectivity index (χ3v) is 4.26. The van der Waals surface area contributed by atoms with Crippen molar-refractivity contribution in [2.45, 2.75) is 38.3 Å². The lowest BCUT2D eigenvalue weighted by atomic mass is 9.84. The summed E-state index contributed by atoms with van der Waals surface area (Å²) < 4.78 is 7.46. The van der Waals surface area contributed by atoms with E-state index in [1.165, 1.54) is 11.1 Å². The molecule has 1 N–H and O–H groups in total. The van der Waals surface area contributed by atoms with Gasteiger partial charge in [-0.2, -0.15) is 5.10 Å². The molecule has 1 aliphatic carbocycles. The van der Waals surface area contributed by atoms with Gasteiger partial charge in [-0.25, -0.2) is 0 Å². The van der Waals surface area contributed by atoms with Crippen molar-refractivity contribution < 1.29 is 4.74 Å². The second kappa shape index (κ2) is 6.31. The largest absolute Gasteiger partial charge is 0.497 e. The van der Waals surface area contributed by atoms with E-state index >= 15 is 0 Å². The Kier molecular flexibility index (Phi) is 4.25. The Labute approximate surface area is 126 Å². The van der Waals surface area contributed by atoms with Crippen molar-refractivity contribution in [1.82, 2.24) is 15.1 Å². The Morgan fingerprint density at radius 3 is 3.05 bits per heavy atom. The number of aromatic nitrogens is 2. The third kappa shape index (κ3) is 2.81. The molecule has 2 aromatic rings. The number of benzene rings is 1. The van der Waals surface area contributed by atoms with Gasteiger partial charge >= 0.3 is 0 Å². The van der Waals surface area contributed by atoms with Gasteiger partial charge in [0.25, 0.3) is 0 Å². The van der Waals surface area contributed by atoms with E-state index < -0.39 is 0 Å². The quantitative estimate of drug-likeness (QED) is 0.917. The predicted molar refractivity (Wildman–Crippen MR) is 83.6 cm³/mol. The smallest absolute Gasteiger partial charge is 0.119 e. The van der Waals surface area contributed by atoms with Gasteiger partial charge in [0.05, 0.1) is 19.2 Å². The zero-order chi connectivity index (χ0) is 14.7. The normalized spacial score (nSPS) is 21.0. The molecule has 1 aliphatic rings. The molecule has 0 amide bonds. The van der Waals surface area contributed by atoms with Crippen LogP contribution in [0.25, 0.3) is 0 Å². The summed E-state index contributed by atoms with van der Waals surface area (Å²) in [6.45, 7) is 3.22. The van der Waals surface area contributed by atoms with Crippen LogP contribution >= 0.6 is 0 Å². The second-order valence-corrected chi connectivity index (χ2v) is 5.59. The Morgan fingerprint density at radius 1 is 1.43 bits per heavy atom. The van der Waals surface area contributed by atoms with Crippen molar-refractivity contribution in [3.05, 3.63) is 47.8 Å². The number of nitrogens with one attached hydrogen (secondary N) is 1. The predicted octanol–water partition coefficient (Wildman–Crippen LogP) is 3.12. The van der Waals surface area contributed by atoms with Crippen LogP contribution in [0.4, 0.5) is 0 Å². The first kappa shape index (κ1) is 14.1. The first-order chi connectivity index (χ1) is 10.3. The number of fused-ring (bicyclic) bond motifs is 1.